The van der Waals surface area contributed by atoms with E-state index < -0.39 is 5.97 Å². The number of carbonyl (C=O) groups is 1. The summed E-state index contributed by atoms with van der Waals surface area (Å²) in [4.78, 5) is 16.1. The summed E-state index contributed by atoms with van der Waals surface area (Å²) < 4.78 is 8.06. The second-order valence-corrected chi connectivity index (χ2v) is 9.39. The summed E-state index contributed by atoms with van der Waals surface area (Å²) in [7, 11) is 2.07. The van der Waals surface area contributed by atoms with E-state index in [-0.39, 0.29) is 29.5 Å². The van der Waals surface area contributed by atoms with Crippen LogP contribution in [0.3, 0.4) is 0 Å². The molecule has 2 heterocycles. The van der Waals surface area contributed by atoms with Crippen molar-refractivity contribution < 1.29 is 14.6 Å². The molecule has 0 bridgehead atoms. The first-order valence-electron chi connectivity index (χ1n) is 10.9. The van der Waals surface area contributed by atoms with Gasteiger partial charge in [-0.3, -0.25) is 0 Å². The first-order valence-corrected chi connectivity index (χ1v) is 11.3. The lowest BCUT2D eigenvalue weighted by atomic mass is 9.71. The molecule has 2 N–H and O–H groups in total. The molecule has 32 heavy (non-hydrogen) atoms. The van der Waals surface area contributed by atoms with Gasteiger partial charge in [0.05, 0.1) is 17.6 Å². The summed E-state index contributed by atoms with van der Waals surface area (Å²) in [6.45, 7) is 3.98. The van der Waals surface area contributed by atoms with Gasteiger partial charge in [0.1, 0.15) is 5.75 Å². The number of aromatic nitrogens is 1. The first-order chi connectivity index (χ1) is 15.3. The molecule has 6 nitrogen and oxygen atoms in total. The van der Waals surface area contributed by atoms with E-state index in [1.54, 1.807) is 19.1 Å². The topological polar surface area (TPSA) is 75.8 Å². The van der Waals surface area contributed by atoms with Gasteiger partial charge in [0.15, 0.2) is 0 Å². The second kappa shape index (κ2) is 7.85. The molecule has 7 heteroatoms. The number of allylic oxidation sites excluding steroid dienone is 1. The predicted molar refractivity (Wildman–Crippen MR) is 125 cm³/mol. The fourth-order valence-corrected chi connectivity index (χ4v) is 5.72. The van der Waals surface area contributed by atoms with Crippen LogP contribution in [0, 0.1) is 24.7 Å². The van der Waals surface area contributed by atoms with Crippen molar-refractivity contribution in [2.75, 3.05) is 0 Å². The van der Waals surface area contributed by atoms with Crippen LogP contribution in [-0.2, 0) is 7.05 Å². The van der Waals surface area contributed by atoms with Crippen molar-refractivity contribution >= 4 is 35.7 Å². The molecule has 0 saturated carbocycles. The third-order valence-corrected chi connectivity index (χ3v) is 7.33. The molecule has 0 amide bonds. The number of carboxylic acid groups (broad SMARTS) is 1. The number of aliphatic imine (C=N–C) groups is 1. The molecule has 1 aromatic heterocycles. The van der Waals surface area contributed by atoms with Crippen molar-refractivity contribution in [1.29, 1.82) is 0 Å². The Hall–Kier alpha value is -2.99. The van der Waals surface area contributed by atoms with Gasteiger partial charge in [0, 0.05) is 29.5 Å². The molecule has 0 saturated heterocycles. The second-order valence-electron chi connectivity index (χ2n) is 8.95. The van der Waals surface area contributed by atoms with Gasteiger partial charge < -0.3 is 19.7 Å². The van der Waals surface area contributed by atoms with Crippen molar-refractivity contribution in [3.63, 3.8) is 0 Å². The molecule has 1 aromatic carbocycles. The Morgan fingerprint density at radius 2 is 2.12 bits per heavy atom. The zero-order chi connectivity index (χ0) is 22.6. The normalized spacial score (nSPS) is 28.3. The van der Waals surface area contributed by atoms with Gasteiger partial charge in [-0.25, -0.2) is 9.79 Å². The highest BCUT2D eigenvalue weighted by atomic mass is 35.5. The highest BCUT2D eigenvalue weighted by Gasteiger charge is 2.43. The molecule has 5 unspecified atom stereocenters. The maximum absolute atomic E-state index is 11.4. The van der Waals surface area contributed by atoms with Crippen molar-refractivity contribution in [3.8, 4) is 5.75 Å². The summed E-state index contributed by atoms with van der Waals surface area (Å²) in [5.41, 5.74) is 0.910. The zero-order valence-electron chi connectivity index (χ0n) is 18.2. The number of ether oxygens (including phenoxy) is 1. The Morgan fingerprint density at radius 1 is 1.31 bits per heavy atom. The molecule has 0 radical (unpaired) electrons. The number of nitrogens with zero attached hydrogens (tertiary/aromatic N) is 2. The third-order valence-electron chi connectivity index (χ3n) is 6.95. The number of halogens is 1. The summed E-state index contributed by atoms with van der Waals surface area (Å²) >= 11 is 6.81. The highest BCUT2D eigenvalue weighted by molar-refractivity contribution is 6.30. The molecule has 0 spiro atoms. The lowest BCUT2D eigenvalue weighted by Crippen LogP contribution is -2.48. The van der Waals surface area contributed by atoms with Crippen LogP contribution >= 0.6 is 11.6 Å². The van der Waals surface area contributed by atoms with Crippen LogP contribution in [0.5, 0.6) is 5.75 Å². The minimum atomic E-state index is -0.976. The number of carboxylic acids is 1. The average molecular weight is 452 g/mol. The van der Waals surface area contributed by atoms with Crippen LogP contribution in [0.1, 0.15) is 29.3 Å². The summed E-state index contributed by atoms with van der Waals surface area (Å²) in [6, 6.07) is 7.56. The monoisotopic (exact) mass is 451 g/mol. The van der Waals surface area contributed by atoms with Crippen LogP contribution < -0.4 is 20.6 Å². The number of hydrogen-bond acceptors (Lipinski definition) is 4. The lowest BCUT2D eigenvalue weighted by molar-refractivity contribution is 0.0695. The molecule has 5 rings (SSSR count). The molecular formula is C25H26ClN3O3. The van der Waals surface area contributed by atoms with E-state index in [2.05, 4.69) is 53.3 Å². The first kappa shape index (κ1) is 20.9. The molecule has 1 aliphatic heterocycles. The molecular weight excluding hydrogens is 426 g/mol. The minimum absolute atomic E-state index is 0.0764. The van der Waals surface area contributed by atoms with Crippen molar-refractivity contribution in [1.82, 2.24) is 9.88 Å². The van der Waals surface area contributed by atoms with Crippen LogP contribution in [-0.4, -0.2) is 33.7 Å². The number of aryl methyl sites for hydroxylation is 2. The predicted octanol–water partition coefficient (Wildman–Crippen LogP) is 2.78. The lowest BCUT2D eigenvalue weighted by Gasteiger charge is -2.38. The van der Waals surface area contributed by atoms with Gasteiger partial charge in [-0.1, -0.05) is 36.7 Å². The smallest absolute Gasteiger partial charge is 0.336 e. The van der Waals surface area contributed by atoms with E-state index in [0.29, 0.717) is 23.3 Å². The Balaban J connectivity index is 1.35. The molecule has 2 aromatic rings. The van der Waals surface area contributed by atoms with Crippen LogP contribution in [0.4, 0.5) is 0 Å². The molecule has 0 fully saturated rings. The Morgan fingerprint density at radius 3 is 2.91 bits per heavy atom. The zero-order valence-corrected chi connectivity index (χ0v) is 19.0. The largest absolute Gasteiger partial charge is 0.478 e. The fraction of sp³-hybridized carbons (Fsp3) is 0.360. The van der Waals surface area contributed by atoms with Crippen LogP contribution in [0.15, 0.2) is 46.6 Å². The Labute approximate surface area is 191 Å². The standard InChI is InChI=1S/C25H26ClN3O3/c1-13-4-6-17(11-18(13)24(30)31)32-25-27-20-12-19(26)22(14(2)23(20)28-25)16-5-7-21-15(10-16)8-9-29(21)3/h4,6-12,14,16,20,22-23H,5H2,1-3H3,(H,27,28)(H,30,31). The van der Waals surface area contributed by atoms with Gasteiger partial charge in [-0.15, -0.1) is 0 Å². The average Bonchev–Trinajstić information content (AvgIpc) is 3.32. The van der Waals surface area contributed by atoms with Crippen LogP contribution in [0.2, 0.25) is 0 Å². The number of rotatable bonds is 3. The summed E-state index contributed by atoms with van der Waals surface area (Å²) in [6.07, 6.45) is 9.72. The minimum Gasteiger partial charge on any atom is -0.478 e. The van der Waals surface area contributed by atoms with E-state index in [4.69, 9.17) is 16.3 Å². The van der Waals surface area contributed by atoms with E-state index in [9.17, 15) is 9.90 Å². The van der Waals surface area contributed by atoms with Gasteiger partial charge in [-0.05, 0) is 60.2 Å². The quantitative estimate of drug-likeness (QED) is 0.752. The number of fused-ring (bicyclic) bond motifs is 2. The number of benzene rings is 1. The van der Waals surface area contributed by atoms with E-state index in [1.165, 1.54) is 16.6 Å². The van der Waals surface area contributed by atoms with Gasteiger partial charge in [0.2, 0.25) is 0 Å². The van der Waals surface area contributed by atoms with Gasteiger partial charge in [0.25, 0.3) is 6.02 Å². The van der Waals surface area contributed by atoms with E-state index in [0.717, 1.165) is 11.5 Å². The maximum atomic E-state index is 11.4. The van der Waals surface area contributed by atoms with Crippen molar-refractivity contribution in [2.45, 2.75) is 32.4 Å². The Bertz CT molecular complexity index is 1280. The highest BCUT2D eigenvalue weighted by Crippen LogP contribution is 2.42. The molecule has 3 aliphatic rings. The summed E-state index contributed by atoms with van der Waals surface area (Å²) in [5, 5.41) is 16.2. The van der Waals surface area contributed by atoms with E-state index >= 15 is 0 Å². The molecule has 166 valence electrons. The number of amidine groups is 1. The fourth-order valence-electron chi connectivity index (χ4n) is 5.23. The molecule has 2 aliphatic carbocycles. The summed E-state index contributed by atoms with van der Waals surface area (Å²) in [5.74, 6) is 0.240. The van der Waals surface area contributed by atoms with Crippen molar-refractivity contribution in [3.05, 3.63) is 63.3 Å². The van der Waals surface area contributed by atoms with E-state index in [1.807, 2.05) is 6.08 Å². The number of nitrogens with one attached hydrogen (secondary N) is 1. The van der Waals surface area contributed by atoms with Gasteiger partial charge in [-0.2, -0.15) is 0 Å². The maximum Gasteiger partial charge on any atom is 0.336 e. The Kier molecular flexibility index (Phi) is 5.13. The van der Waals surface area contributed by atoms with Crippen molar-refractivity contribution in [2.24, 2.45) is 29.8 Å². The molecule has 5 atom stereocenters. The van der Waals surface area contributed by atoms with Gasteiger partial charge >= 0.3 is 5.97 Å². The number of aromatic carboxylic acids is 1. The SMILES string of the molecule is Cc1ccc(OC2=NC3C=C(Cl)C(C4C=c5ccn(C)c5=CC4)C(C)C3N2)cc1C(=O)O. The van der Waals surface area contributed by atoms with Crippen LogP contribution in [0.25, 0.3) is 12.2 Å². The number of hydrogen-bond donors (Lipinski definition) is 2. The third kappa shape index (κ3) is 3.52.